The summed E-state index contributed by atoms with van der Waals surface area (Å²) in [7, 11) is -1.72. The molecule has 2 fully saturated rings. The molecular weight excluding hydrogens is 330 g/mol. The lowest BCUT2D eigenvalue weighted by Crippen LogP contribution is -2.50. The van der Waals surface area contributed by atoms with Crippen LogP contribution in [-0.2, 0) is 26.5 Å². The summed E-state index contributed by atoms with van der Waals surface area (Å²) in [6.45, 7) is 5.96. The topological polar surface area (TPSA) is 73.7 Å². The molecule has 1 spiro atoms. The van der Waals surface area contributed by atoms with Gasteiger partial charge in [0.25, 0.3) is 10.0 Å². The van der Waals surface area contributed by atoms with Gasteiger partial charge >= 0.3 is 0 Å². The summed E-state index contributed by atoms with van der Waals surface area (Å²) in [6, 6.07) is 0. The van der Waals surface area contributed by atoms with Crippen LogP contribution < -0.4 is 0 Å². The fraction of sp³-hybridized carbons (Fsp3) is 0.812. The van der Waals surface area contributed by atoms with Crippen molar-refractivity contribution in [2.75, 3.05) is 39.5 Å². The Hall–Kier alpha value is -0.960. The quantitative estimate of drug-likeness (QED) is 0.793. The molecule has 2 aliphatic rings. The Morgan fingerprint density at radius 2 is 2.12 bits per heavy atom. The van der Waals surface area contributed by atoms with Crippen molar-refractivity contribution < 1.29 is 17.9 Å². The largest absolute Gasteiger partial charge is 0.381 e. The van der Waals surface area contributed by atoms with Gasteiger partial charge in [0.1, 0.15) is 0 Å². The second kappa shape index (κ2) is 7.11. The van der Waals surface area contributed by atoms with Crippen LogP contribution in [0, 0.1) is 11.3 Å². The van der Waals surface area contributed by atoms with E-state index in [0.717, 1.165) is 25.9 Å². The Kier molecular flexibility index (Phi) is 5.29. The van der Waals surface area contributed by atoms with Crippen LogP contribution in [0.2, 0.25) is 0 Å². The summed E-state index contributed by atoms with van der Waals surface area (Å²) in [5, 5.41) is 0.138. The average Bonchev–Trinajstić information content (AvgIpc) is 3.02. The van der Waals surface area contributed by atoms with E-state index in [1.165, 1.54) is 6.33 Å². The zero-order valence-electron chi connectivity index (χ0n) is 14.5. The van der Waals surface area contributed by atoms with Crippen molar-refractivity contribution in [1.29, 1.82) is 0 Å². The number of rotatable bonds is 5. The number of aromatic nitrogens is 2. The van der Waals surface area contributed by atoms with Crippen LogP contribution in [0.25, 0.3) is 0 Å². The van der Waals surface area contributed by atoms with Crippen molar-refractivity contribution in [3.63, 3.8) is 0 Å². The number of imidazole rings is 1. The Morgan fingerprint density at radius 3 is 2.75 bits per heavy atom. The SMILES string of the molecule is CCOC[C@@H]1COCCC12CCN(S(=O)(=O)c1cn(C)cn1)CC2. The summed E-state index contributed by atoms with van der Waals surface area (Å²) >= 11 is 0. The lowest BCUT2D eigenvalue weighted by atomic mass is 9.66. The molecule has 2 saturated heterocycles. The van der Waals surface area contributed by atoms with Crippen molar-refractivity contribution in [3.05, 3.63) is 12.5 Å². The normalized spacial score (nSPS) is 25.2. The van der Waals surface area contributed by atoms with Gasteiger partial charge in [0.2, 0.25) is 0 Å². The molecule has 3 heterocycles. The van der Waals surface area contributed by atoms with E-state index in [4.69, 9.17) is 9.47 Å². The van der Waals surface area contributed by atoms with Crippen LogP contribution >= 0.6 is 0 Å². The van der Waals surface area contributed by atoms with E-state index in [-0.39, 0.29) is 10.4 Å². The predicted molar refractivity (Wildman–Crippen MR) is 89.1 cm³/mol. The van der Waals surface area contributed by atoms with E-state index < -0.39 is 10.0 Å². The van der Waals surface area contributed by atoms with E-state index in [0.29, 0.717) is 38.8 Å². The fourth-order valence-electron chi connectivity index (χ4n) is 3.85. The third kappa shape index (κ3) is 3.37. The molecule has 8 heteroatoms. The molecule has 136 valence electrons. The van der Waals surface area contributed by atoms with Crippen LogP contribution in [0.1, 0.15) is 26.2 Å². The maximum absolute atomic E-state index is 12.7. The molecule has 0 N–H and O–H groups in total. The predicted octanol–water partition coefficient (Wildman–Crippen LogP) is 1.26. The Balaban J connectivity index is 1.70. The third-order valence-electron chi connectivity index (χ3n) is 5.46. The van der Waals surface area contributed by atoms with E-state index in [2.05, 4.69) is 4.98 Å². The minimum atomic E-state index is -3.49. The molecule has 2 aliphatic heterocycles. The average molecular weight is 357 g/mol. The van der Waals surface area contributed by atoms with E-state index >= 15 is 0 Å². The summed E-state index contributed by atoms with van der Waals surface area (Å²) < 4.78 is 40.0. The van der Waals surface area contributed by atoms with Crippen LogP contribution in [0.3, 0.4) is 0 Å². The zero-order valence-corrected chi connectivity index (χ0v) is 15.3. The summed E-state index contributed by atoms with van der Waals surface area (Å²) in [6.07, 6.45) is 5.80. The van der Waals surface area contributed by atoms with Gasteiger partial charge in [-0.3, -0.25) is 0 Å². The molecule has 24 heavy (non-hydrogen) atoms. The molecule has 0 unspecified atom stereocenters. The van der Waals surface area contributed by atoms with Gasteiger partial charge in [0.05, 0.1) is 19.5 Å². The minimum absolute atomic E-state index is 0.138. The Bertz CT molecular complexity index is 650. The minimum Gasteiger partial charge on any atom is -0.381 e. The van der Waals surface area contributed by atoms with E-state index in [9.17, 15) is 8.42 Å². The monoisotopic (exact) mass is 357 g/mol. The van der Waals surface area contributed by atoms with E-state index in [1.807, 2.05) is 6.92 Å². The first kappa shape index (κ1) is 17.8. The lowest BCUT2D eigenvalue weighted by molar-refractivity contribution is -0.0927. The van der Waals surface area contributed by atoms with Crippen LogP contribution in [0.4, 0.5) is 0 Å². The number of hydrogen-bond acceptors (Lipinski definition) is 5. The first-order valence-electron chi connectivity index (χ1n) is 8.61. The Labute approximate surface area is 144 Å². The number of nitrogens with zero attached hydrogens (tertiary/aromatic N) is 3. The number of hydrogen-bond donors (Lipinski definition) is 0. The molecule has 0 aromatic carbocycles. The summed E-state index contributed by atoms with van der Waals surface area (Å²) in [5.74, 6) is 0.353. The highest BCUT2D eigenvalue weighted by Gasteiger charge is 2.45. The van der Waals surface area contributed by atoms with Crippen molar-refractivity contribution in [3.8, 4) is 0 Å². The molecule has 0 radical (unpaired) electrons. The second-order valence-corrected chi connectivity index (χ2v) is 8.71. The molecule has 0 aliphatic carbocycles. The van der Waals surface area contributed by atoms with Gasteiger partial charge in [-0.25, -0.2) is 13.4 Å². The maximum Gasteiger partial charge on any atom is 0.262 e. The second-order valence-electron chi connectivity index (χ2n) is 6.83. The van der Waals surface area contributed by atoms with Crippen molar-refractivity contribution >= 4 is 10.0 Å². The van der Waals surface area contributed by atoms with Gasteiger partial charge in [0, 0.05) is 45.5 Å². The van der Waals surface area contributed by atoms with Crippen molar-refractivity contribution in [1.82, 2.24) is 13.9 Å². The molecular formula is C16H27N3O4S. The molecule has 1 atom stereocenters. The molecule has 0 saturated carbocycles. The molecule has 0 bridgehead atoms. The van der Waals surface area contributed by atoms with Crippen LogP contribution in [-0.4, -0.2) is 61.8 Å². The number of piperidine rings is 1. The Morgan fingerprint density at radius 1 is 1.38 bits per heavy atom. The zero-order chi connectivity index (χ0) is 17.2. The highest BCUT2D eigenvalue weighted by molar-refractivity contribution is 7.89. The highest BCUT2D eigenvalue weighted by Crippen LogP contribution is 2.45. The van der Waals surface area contributed by atoms with Gasteiger partial charge in [-0.1, -0.05) is 0 Å². The van der Waals surface area contributed by atoms with Gasteiger partial charge in [-0.05, 0) is 31.6 Å². The number of aryl methyl sites for hydroxylation is 1. The number of sulfonamides is 1. The first-order chi connectivity index (χ1) is 11.5. The molecule has 1 aromatic heterocycles. The van der Waals surface area contributed by atoms with Gasteiger partial charge in [-0.15, -0.1) is 0 Å². The summed E-state index contributed by atoms with van der Waals surface area (Å²) in [5.41, 5.74) is 0.142. The molecule has 3 rings (SSSR count). The molecule has 1 aromatic rings. The fourth-order valence-corrected chi connectivity index (χ4v) is 5.26. The van der Waals surface area contributed by atoms with Crippen molar-refractivity contribution in [2.45, 2.75) is 31.2 Å². The maximum atomic E-state index is 12.7. The first-order valence-corrected chi connectivity index (χ1v) is 10.1. The van der Waals surface area contributed by atoms with E-state index in [1.54, 1.807) is 22.1 Å². The lowest BCUT2D eigenvalue weighted by Gasteiger charge is -2.48. The highest BCUT2D eigenvalue weighted by atomic mass is 32.2. The number of ether oxygens (including phenoxy) is 2. The van der Waals surface area contributed by atoms with Gasteiger partial charge in [0.15, 0.2) is 5.03 Å². The van der Waals surface area contributed by atoms with Gasteiger partial charge < -0.3 is 14.0 Å². The van der Waals surface area contributed by atoms with Gasteiger partial charge in [-0.2, -0.15) is 4.31 Å². The third-order valence-corrected chi connectivity index (χ3v) is 7.24. The smallest absolute Gasteiger partial charge is 0.262 e. The summed E-state index contributed by atoms with van der Waals surface area (Å²) in [4.78, 5) is 4.02. The molecule has 7 nitrogen and oxygen atoms in total. The van der Waals surface area contributed by atoms with Crippen LogP contribution in [0.5, 0.6) is 0 Å². The standard InChI is InChI=1S/C16H27N3O4S/c1-3-22-11-14-12-23-9-6-16(14)4-7-19(8-5-16)24(20,21)15-10-18(2)13-17-15/h10,13-14H,3-9,11-12H2,1-2H3/t14-/m1/s1. The molecule has 0 amide bonds. The van der Waals surface area contributed by atoms with Crippen molar-refractivity contribution in [2.24, 2.45) is 18.4 Å². The van der Waals surface area contributed by atoms with Crippen LogP contribution in [0.15, 0.2) is 17.6 Å².